The van der Waals surface area contributed by atoms with Crippen LogP contribution in [0.5, 0.6) is 0 Å². The molecule has 1 nitrogen and oxygen atoms in total. The van der Waals surface area contributed by atoms with Gasteiger partial charge in [0.2, 0.25) is 0 Å². The predicted molar refractivity (Wildman–Crippen MR) is 51.5 cm³/mol. The predicted octanol–water partition coefficient (Wildman–Crippen LogP) is 3.88. The van der Waals surface area contributed by atoms with E-state index in [2.05, 4.69) is 20.5 Å². The van der Waals surface area contributed by atoms with Gasteiger partial charge in [-0.2, -0.15) is 0 Å². The molecule has 0 unspecified atom stereocenters. The molecule has 4 heteroatoms. The van der Waals surface area contributed by atoms with Gasteiger partial charge in [-0.15, -0.1) is 0 Å². The summed E-state index contributed by atoms with van der Waals surface area (Å²) in [6, 6.07) is 0. The van der Waals surface area contributed by atoms with E-state index in [1.165, 1.54) is 42.0 Å². The van der Waals surface area contributed by atoms with Crippen LogP contribution in [0.1, 0.15) is 39.0 Å². The standard InChI is InChI=1S/C8H15.CN.BrH.Cu.Zn/c1-3-5-7-8-6-4-2;1-2;;;/h1,3H,4-8H2,2H3;;1H;;/q2*-1;;+1;+2/p-1. The molecule has 0 bridgehead atoms. The summed E-state index contributed by atoms with van der Waals surface area (Å²) >= 11 is 4.25. The molecule has 0 aromatic heterocycles. The van der Waals surface area contributed by atoms with Crippen molar-refractivity contribution in [3.63, 3.8) is 0 Å². The second-order valence-electron chi connectivity index (χ2n) is 2.09. The minimum atomic E-state index is 0. The number of unbranched alkanes of at least 4 members (excludes halogenated alkanes) is 4. The van der Waals surface area contributed by atoms with Gasteiger partial charge in [-0.1, -0.05) is 39.0 Å². The van der Waals surface area contributed by atoms with Crippen molar-refractivity contribution in [2.75, 3.05) is 0 Å². The molecule has 13 heavy (non-hydrogen) atoms. The SMILES string of the molecule is [C-]#N.[CH-]=CCCCCCC.[Cu+].[Zn+][Br]. The Hall–Kier alpha value is 0.853. The zero-order valence-corrected chi connectivity index (χ0v) is 13.5. The van der Waals surface area contributed by atoms with Gasteiger partial charge in [0.15, 0.2) is 0 Å². The molecule has 0 aromatic rings. The van der Waals surface area contributed by atoms with Crippen LogP contribution < -0.4 is 0 Å². The summed E-state index contributed by atoms with van der Waals surface area (Å²) in [5.74, 6) is 0. The Morgan fingerprint density at radius 3 is 2.08 bits per heavy atom. The number of hydrogen-bond acceptors (Lipinski definition) is 1. The summed E-state index contributed by atoms with van der Waals surface area (Å²) in [7, 11) is 0. The number of allylic oxidation sites excluding steroid dienone is 1. The van der Waals surface area contributed by atoms with E-state index in [1.54, 1.807) is 6.08 Å². The van der Waals surface area contributed by atoms with Gasteiger partial charge in [0, 0.05) is 0 Å². The van der Waals surface area contributed by atoms with Crippen LogP contribution in [0, 0.1) is 18.4 Å². The second kappa shape index (κ2) is 38.5. The second-order valence-corrected chi connectivity index (χ2v) is 2.09. The monoisotopic (exact) mass is 343 g/mol. The molecule has 0 rings (SSSR count). The van der Waals surface area contributed by atoms with Gasteiger partial charge in [0.1, 0.15) is 0 Å². The molecule has 0 spiro atoms. The van der Waals surface area contributed by atoms with E-state index >= 15 is 0 Å². The van der Waals surface area contributed by atoms with Gasteiger partial charge in [0.25, 0.3) is 0 Å². The van der Waals surface area contributed by atoms with E-state index in [1.807, 2.05) is 0 Å². The van der Waals surface area contributed by atoms with Crippen molar-refractivity contribution < 1.29 is 33.4 Å². The summed E-state index contributed by atoms with van der Waals surface area (Å²) in [5, 5.41) is 6.25. The summed E-state index contributed by atoms with van der Waals surface area (Å²) in [4.78, 5) is 0. The number of rotatable bonds is 5. The fraction of sp³-hybridized carbons (Fsp3) is 0.667. The molecular formula is C9H15BrCuNZn. The molecule has 76 valence electrons. The first-order valence-corrected chi connectivity index (χ1v) is 10.9. The van der Waals surface area contributed by atoms with E-state index in [0.717, 1.165) is 6.42 Å². The average molecular weight is 346 g/mol. The molecule has 0 aliphatic heterocycles. The molecule has 0 saturated heterocycles. The number of halogens is 1. The molecule has 0 aliphatic rings. The van der Waals surface area contributed by atoms with Crippen LogP contribution in [0.4, 0.5) is 0 Å². The molecule has 0 heterocycles. The molecule has 0 N–H and O–H groups in total. The summed E-state index contributed by atoms with van der Waals surface area (Å²) in [6.07, 6.45) is 8.10. The van der Waals surface area contributed by atoms with E-state index in [4.69, 9.17) is 18.4 Å². The maximum absolute atomic E-state index is 6.25. The van der Waals surface area contributed by atoms with Crippen LogP contribution in [0.3, 0.4) is 0 Å². The van der Waals surface area contributed by atoms with Crippen molar-refractivity contribution in [1.82, 2.24) is 0 Å². The number of hydrogen-bond donors (Lipinski definition) is 0. The Bertz CT molecular complexity index is 88.9. The molecule has 0 aromatic carbocycles. The van der Waals surface area contributed by atoms with Gasteiger partial charge in [0.05, 0.1) is 0 Å². The summed E-state index contributed by atoms with van der Waals surface area (Å²) in [6.45, 7) is 12.2. The zero-order valence-electron chi connectivity index (χ0n) is 8.02. The van der Waals surface area contributed by atoms with Crippen molar-refractivity contribution in [3.05, 3.63) is 19.2 Å². The van der Waals surface area contributed by atoms with E-state index in [0.29, 0.717) is 0 Å². The Kier molecular flexibility index (Phi) is 69.7. The van der Waals surface area contributed by atoms with Gasteiger partial charge >= 0.3 is 47.0 Å². The van der Waals surface area contributed by atoms with Gasteiger partial charge in [-0.25, -0.2) is 0 Å². The van der Waals surface area contributed by atoms with E-state index in [-0.39, 0.29) is 17.1 Å². The molecule has 0 aliphatic carbocycles. The van der Waals surface area contributed by atoms with Crippen LogP contribution in [0.2, 0.25) is 0 Å². The van der Waals surface area contributed by atoms with E-state index in [9.17, 15) is 0 Å². The third-order valence-corrected chi connectivity index (χ3v) is 1.22. The minimum absolute atomic E-state index is 0. The van der Waals surface area contributed by atoms with Crippen molar-refractivity contribution in [2.45, 2.75) is 39.0 Å². The fourth-order valence-electron chi connectivity index (χ4n) is 0.689. The zero-order chi connectivity index (χ0) is 10.2. The third kappa shape index (κ3) is 44.2. The number of nitrogens with zero attached hydrogens (tertiary/aromatic N) is 1. The van der Waals surface area contributed by atoms with Gasteiger partial charge in [-0.05, 0) is 0 Å². The first kappa shape index (κ1) is 23.6. The normalized spacial score (nSPS) is 6.31. The van der Waals surface area contributed by atoms with Crippen molar-refractivity contribution in [3.8, 4) is 0 Å². The summed E-state index contributed by atoms with van der Waals surface area (Å²) in [5.41, 5.74) is 0. The molecule has 0 fully saturated rings. The maximum atomic E-state index is 6.25. The molecule has 0 radical (unpaired) electrons. The Morgan fingerprint density at radius 2 is 1.77 bits per heavy atom. The first-order valence-electron chi connectivity index (χ1n) is 3.94. The van der Waals surface area contributed by atoms with E-state index < -0.39 is 0 Å². The first-order chi connectivity index (χ1) is 5.91. The molecule has 0 saturated carbocycles. The third-order valence-electron chi connectivity index (χ3n) is 1.22. The summed E-state index contributed by atoms with van der Waals surface area (Å²) < 4.78 is 0. The van der Waals surface area contributed by atoms with Crippen LogP contribution in [0.15, 0.2) is 6.08 Å². The van der Waals surface area contributed by atoms with Crippen LogP contribution in [0.25, 0.3) is 0 Å². The molecular weight excluding hydrogens is 331 g/mol. The Labute approximate surface area is 110 Å². The van der Waals surface area contributed by atoms with Crippen LogP contribution in [-0.4, -0.2) is 0 Å². The van der Waals surface area contributed by atoms with Crippen molar-refractivity contribution in [1.29, 1.82) is 5.26 Å². The van der Waals surface area contributed by atoms with Crippen LogP contribution in [-0.2, 0) is 33.4 Å². The van der Waals surface area contributed by atoms with Gasteiger partial charge in [-0.3, -0.25) is 6.08 Å². The average Bonchev–Trinajstić information content (AvgIpc) is 2.19. The quantitative estimate of drug-likeness (QED) is 0.421. The molecule has 0 atom stereocenters. The Balaban J connectivity index is -0.0000000712. The van der Waals surface area contributed by atoms with Gasteiger partial charge < -0.3 is 18.4 Å². The van der Waals surface area contributed by atoms with Crippen molar-refractivity contribution >= 4 is 13.6 Å². The molecule has 0 amide bonds. The topological polar surface area (TPSA) is 23.8 Å². The Morgan fingerprint density at radius 1 is 1.31 bits per heavy atom. The fourth-order valence-corrected chi connectivity index (χ4v) is 0.689. The van der Waals surface area contributed by atoms with Crippen molar-refractivity contribution in [2.24, 2.45) is 0 Å². The van der Waals surface area contributed by atoms with Crippen LogP contribution >= 0.6 is 13.6 Å².